The summed E-state index contributed by atoms with van der Waals surface area (Å²) in [4.78, 5) is 12.7. The first-order chi connectivity index (χ1) is 17.1. The van der Waals surface area contributed by atoms with Crippen molar-refractivity contribution in [2.45, 2.75) is 31.1 Å². The van der Waals surface area contributed by atoms with Crippen LogP contribution in [0.3, 0.4) is 0 Å². The summed E-state index contributed by atoms with van der Waals surface area (Å²) in [6.45, 7) is 5.92. The van der Waals surface area contributed by atoms with Gasteiger partial charge < -0.3 is 9.47 Å². The first-order valence-electron chi connectivity index (χ1n) is 11.3. The van der Waals surface area contributed by atoms with Crippen LogP contribution in [0.4, 0.5) is 5.69 Å². The fourth-order valence-corrected chi connectivity index (χ4v) is 4.86. The number of carbonyl (C=O) groups is 1. The van der Waals surface area contributed by atoms with Crippen LogP contribution < -0.4 is 19.2 Å². The lowest BCUT2D eigenvalue weighted by atomic mass is 9.87. The molecule has 0 saturated carbocycles. The average molecular weight is 510 g/mol. The van der Waals surface area contributed by atoms with Gasteiger partial charge in [-0.1, -0.05) is 63.2 Å². The van der Waals surface area contributed by atoms with E-state index < -0.39 is 22.5 Å². The lowest BCUT2D eigenvalue weighted by Gasteiger charge is -2.24. The molecule has 0 fully saturated rings. The topological polar surface area (TPSA) is 97.3 Å². The number of hydrogen-bond donors (Lipinski definition) is 1. The van der Waals surface area contributed by atoms with E-state index in [4.69, 9.17) is 9.47 Å². The van der Waals surface area contributed by atoms with Crippen LogP contribution in [0.1, 0.15) is 31.9 Å². The molecule has 0 heterocycles. The van der Waals surface area contributed by atoms with Crippen molar-refractivity contribution in [2.24, 2.45) is 5.10 Å². The van der Waals surface area contributed by atoms with Gasteiger partial charge in [0.2, 0.25) is 0 Å². The van der Waals surface area contributed by atoms with Gasteiger partial charge in [-0.05, 0) is 40.8 Å². The van der Waals surface area contributed by atoms with Crippen molar-refractivity contribution >= 4 is 27.8 Å². The summed E-state index contributed by atoms with van der Waals surface area (Å²) in [6.07, 6.45) is 1.51. The largest absolute Gasteiger partial charge is 0.493 e. The van der Waals surface area contributed by atoms with Gasteiger partial charge in [0, 0.05) is 6.07 Å². The Labute approximate surface area is 212 Å². The molecule has 0 aliphatic heterocycles. The van der Waals surface area contributed by atoms with Crippen LogP contribution in [0.25, 0.3) is 0 Å². The number of ether oxygens (including phenoxy) is 2. The van der Waals surface area contributed by atoms with Gasteiger partial charge in [-0.2, -0.15) is 5.10 Å². The van der Waals surface area contributed by atoms with E-state index in [2.05, 4.69) is 31.3 Å². The van der Waals surface area contributed by atoms with Gasteiger partial charge in [0.25, 0.3) is 15.9 Å². The number of rotatable bonds is 9. The van der Waals surface area contributed by atoms with Crippen molar-refractivity contribution < 1.29 is 22.7 Å². The van der Waals surface area contributed by atoms with Gasteiger partial charge in [0.05, 0.1) is 31.0 Å². The maximum Gasteiger partial charge on any atom is 0.264 e. The minimum absolute atomic E-state index is 0.0319. The second-order valence-electron chi connectivity index (χ2n) is 9.03. The second-order valence-corrected chi connectivity index (χ2v) is 10.9. The fourth-order valence-electron chi connectivity index (χ4n) is 3.43. The summed E-state index contributed by atoms with van der Waals surface area (Å²) in [6, 6.07) is 20.5. The number of nitrogens with one attached hydrogen (secondary N) is 1. The van der Waals surface area contributed by atoms with Crippen molar-refractivity contribution in [1.29, 1.82) is 0 Å². The number of hydrogen-bond acceptors (Lipinski definition) is 6. The van der Waals surface area contributed by atoms with E-state index in [1.165, 1.54) is 44.2 Å². The maximum absolute atomic E-state index is 13.6. The number of nitrogens with zero attached hydrogens (tertiary/aromatic N) is 2. The quantitative estimate of drug-likeness (QED) is 0.342. The molecule has 0 aliphatic carbocycles. The number of carbonyl (C=O) groups excluding carboxylic acids is 1. The van der Waals surface area contributed by atoms with Crippen molar-refractivity contribution in [3.63, 3.8) is 0 Å². The van der Waals surface area contributed by atoms with Gasteiger partial charge in [0.1, 0.15) is 6.54 Å². The molecule has 36 heavy (non-hydrogen) atoms. The minimum Gasteiger partial charge on any atom is -0.493 e. The molecule has 9 heteroatoms. The van der Waals surface area contributed by atoms with E-state index >= 15 is 0 Å². The van der Waals surface area contributed by atoms with Crippen LogP contribution in [0.5, 0.6) is 11.5 Å². The average Bonchev–Trinajstić information content (AvgIpc) is 2.87. The Morgan fingerprint density at radius 3 is 2.17 bits per heavy atom. The second kappa shape index (κ2) is 11.3. The summed E-state index contributed by atoms with van der Waals surface area (Å²) >= 11 is 0. The minimum atomic E-state index is -4.12. The fraction of sp³-hybridized carbons (Fsp3) is 0.259. The van der Waals surface area contributed by atoms with Crippen LogP contribution in [-0.2, 0) is 20.2 Å². The number of sulfonamides is 1. The van der Waals surface area contributed by atoms with Gasteiger partial charge in [-0.15, -0.1) is 0 Å². The molecule has 0 radical (unpaired) electrons. The molecule has 3 aromatic rings. The smallest absolute Gasteiger partial charge is 0.264 e. The highest BCUT2D eigenvalue weighted by Gasteiger charge is 2.28. The van der Waals surface area contributed by atoms with Crippen LogP contribution in [0.2, 0.25) is 0 Å². The molecule has 3 aromatic carbocycles. The first kappa shape index (κ1) is 26.7. The van der Waals surface area contributed by atoms with Crippen molar-refractivity contribution in [3.8, 4) is 11.5 Å². The molecule has 1 N–H and O–H groups in total. The van der Waals surface area contributed by atoms with E-state index in [1.807, 2.05) is 24.3 Å². The summed E-state index contributed by atoms with van der Waals surface area (Å²) in [5.74, 6) is 0.0638. The Morgan fingerprint density at radius 2 is 1.58 bits per heavy atom. The third kappa shape index (κ3) is 6.42. The number of hydrazone groups is 1. The molecule has 0 aliphatic rings. The molecule has 190 valence electrons. The van der Waals surface area contributed by atoms with E-state index in [-0.39, 0.29) is 16.1 Å². The van der Waals surface area contributed by atoms with E-state index in [0.717, 1.165) is 9.87 Å². The SMILES string of the molecule is COc1ccc(S(=O)(=O)N(CC(=O)N/N=C/c2ccc(C(C)(C)C)cc2)c2ccccc2)cc1OC. The number of para-hydroxylation sites is 1. The maximum atomic E-state index is 13.6. The molecular formula is C27H31N3O5S. The molecular weight excluding hydrogens is 478 g/mol. The molecule has 0 unspecified atom stereocenters. The Morgan fingerprint density at radius 1 is 0.944 bits per heavy atom. The van der Waals surface area contributed by atoms with E-state index in [0.29, 0.717) is 11.4 Å². The Balaban J connectivity index is 1.81. The molecule has 0 saturated heterocycles. The third-order valence-corrected chi connectivity index (χ3v) is 7.22. The van der Waals surface area contributed by atoms with Crippen molar-refractivity contribution in [2.75, 3.05) is 25.1 Å². The standard InChI is InChI=1S/C27H31N3O5S/c1-27(2,3)21-13-11-20(12-14-21)18-28-29-26(31)19-30(22-9-7-6-8-10-22)36(32,33)23-15-16-24(34-4)25(17-23)35-5/h6-18H,19H2,1-5H3,(H,29,31)/b28-18+. The van der Waals surface area contributed by atoms with Crippen LogP contribution in [-0.4, -0.2) is 41.3 Å². The zero-order valence-electron chi connectivity index (χ0n) is 21.1. The molecule has 0 atom stereocenters. The highest BCUT2D eigenvalue weighted by atomic mass is 32.2. The van der Waals surface area contributed by atoms with Crippen LogP contribution in [0.15, 0.2) is 82.8 Å². The molecule has 0 spiro atoms. The highest BCUT2D eigenvalue weighted by Crippen LogP contribution is 2.32. The monoisotopic (exact) mass is 509 g/mol. The molecule has 1 amide bonds. The van der Waals surface area contributed by atoms with Crippen LogP contribution >= 0.6 is 0 Å². The number of amides is 1. The Kier molecular flexibility index (Phi) is 8.37. The summed E-state index contributed by atoms with van der Waals surface area (Å²) in [7, 11) is -1.23. The molecule has 3 rings (SSSR count). The first-order valence-corrected chi connectivity index (χ1v) is 12.7. The van der Waals surface area contributed by atoms with Crippen molar-refractivity contribution in [1.82, 2.24) is 5.43 Å². The number of methoxy groups -OCH3 is 2. The lowest BCUT2D eigenvalue weighted by molar-refractivity contribution is -0.119. The number of benzene rings is 3. The van der Waals surface area contributed by atoms with Gasteiger partial charge >= 0.3 is 0 Å². The molecule has 0 bridgehead atoms. The van der Waals surface area contributed by atoms with Crippen LogP contribution in [0, 0.1) is 0 Å². The number of anilines is 1. The predicted molar refractivity (Wildman–Crippen MR) is 141 cm³/mol. The zero-order chi connectivity index (χ0) is 26.3. The molecule has 8 nitrogen and oxygen atoms in total. The van der Waals surface area contributed by atoms with Gasteiger partial charge in [0.15, 0.2) is 11.5 Å². The normalized spacial score (nSPS) is 11.8. The third-order valence-electron chi connectivity index (χ3n) is 5.45. The summed E-state index contributed by atoms with van der Waals surface area (Å²) < 4.78 is 38.6. The van der Waals surface area contributed by atoms with Gasteiger partial charge in [-0.25, -0.2) is 13.8 Å². The zero-order valence-corrected chi connectivity index (χ0v) is 21.9. The molecule has 0 aromatic heterocycles. The van der Waals surface area contributed by atoms with Gasteiger partial charge in [-0.3, -0.25) is 9.10 Å². The lowest BCUT2D eigenvalue weighted by Crippen LogP contribution is -2.39. The Bertz CT molecular complexity index is 1320. The van der Waals surface area contributed by atoms with Crippen molar-refractivity contribution in [3.05, 3.63) is 83.9 Å². The summed E-state index contributed by atoms with van der Waals surface area (Å²) in [5.41, 5.74) is 4.78. The summed E-state index contributed by atoms with van der Waals surface area (Å²) in [5, 5.41) is 4.00. The van der Waals surface area contributed by atoms with E-state index in [1.54, 1.807) is 30.3 Å². The highest BCUT2D eigenvalue weighted by molar-refractivity contribution is 7.92. The predicted octanol–water partition coefficient (Wildman–Crippen LogP) is 4.35. The Hall–Kier alpha value is -3.85. The van der Waals surface area contributed by atoms with E-state index in [9.17, 15) is 13.2 Å².